The number of ether oxygens (including phenoxy) is 1. The molecule has 2 aromatic rings. The third-order valence-corrected chi connectivity index (χ3v) is 3.87. The van der Waals surface area contributed by atoms with Gasteiger partial charge in [0.05, 0.1) is 12.7 Å². The maximum atomic E-state index is 12.4. The summed E-state index contributed by atoms with van der Waals surface area (Å²) in [5.41, 5.74) is 1.11. The topological polar surface area (TPSA) is 78.9 Å². The minimum atomic E-state index is -0.465. The number of hydrogen-bond acceptors (Lipinski definition) is 4. The lowest BCUT2D eigenvalue weighted by Crippen LogP contribution is -2.30. The summed E-state index contributed by atoms with van der Waals surface area (Å²) in [5, 5.41) is 12.6. The molecule has 0 fully saturated rings. The van der Waals surface area contributed by atoms with Gasteiger partial charge < -0.3 is 20.1 Å². The van der Waals surface area contributed by atoms with Gasteiger partial charge in [-0.15, -0.1) is 0 Å². The Morgan fingerprint density at radius 3 is 2.44 bits per heavy atom. The summed E-state index contributed by atoms with van der Waals surface area (Å²) in [4.78, 5) is 26.5. The van der Waals surface area contributed by atoms with Crippen LogP contribution in [-0.2, 0) is 0 Å². The molecule has 0 heterocycles. The molecule has 132 valence electrons. The highest BCUT2D eigenvalue weighted by molar-refractivity contribution is 6.06. The van der Waals surface area contributed by atoms with Gasteiger partial charge in [-0.05, 0) is 44.2 Å². The molecular weight excluding hydrogens is 320 g/mol. The first-order valence-electron chi connectivity index (χ1n) is 8.07. The lowest BCUT2D eigenvalue weighted by atomic mass is 10.1. The summed E-state index contributed by atoms with van der Waals surface area (Å²) in [7, 11) is 1.48. The van der Waals surface area contributed by atoms with Crippen molar-refractivity contribution >= 4 is 17.5 Å². The summed E-state index contributed by atoms with van der Waals surface area (Å²) in [6.07, 6.45) is 0. The zero-order chi connectivity index (χ0) is 18.4. The van der Waals surface area contributed by atoms with Crippen LogP contribution in [0.3, 0.4) is 0 Å². The van der Waals surface area contributed by atoms with E-state index in [1.54, 1.807) is 35.2 Å². The fourth-order valence-corrected chi connectivity index (χ4v) is 2.45. The predicted octanol–water partition coefficient (Wildman–Crippen LogP) is 3.14. The number of amides is 2. The summed E-state index contributed by atoms with van der Waals surface area (Å²) in [6, 6.07) is 11.2. The Balaban J connectivity index is 2.19. The van der Waals surface area contributed by atoms with Gasteiger partial charge in [0.25, 0.3) is 11.8 Å². The van der Waals surface area contributed by atoms with E-state index in [1.165, 1.54) is 19.2 Å². The maximum absolute atomic E-state index is 12.4. The summed E-state index contributed by atoms with van der Waals surface area (Å²) >= 11 is 0. The second-order valence-electron chi connectivity index (χ2n) is 5.40. The number of hydrogen-bond donors (Lipinski definition) is 2. The van der Waals surface area contributed by atoms with E-state index in [-0.39, 0.29) is 17.2 Å². The Hall–Kier alpha value is -3.02. The van der Waals surface area contributed by atoms with E-state index in [9.17, 15) is 14.7 Å². The van der Waals surface area contributed by atoms with Crippen LogP contribution in [0.1, 0.15) is 34.6 Å². The van der Waals surface area contributed by atoms with E-state index < -0.39 is 5.91 Å². The van der Waals surface area contributed by atoms with Gasteiger partial charge in [-0.3, -0.25) is 9.59 Å². The van der Waals surface area contributed by atoms with Crippen molar-refractivity contribution in [1.29, 1.82) is 0 Å². The number of aromatic hydroxyl groups is 1. The second-order valence-corrected chi connectivity index (χ2v) is 5.40. The molecule has 0 aliphatic carbocycles. The van der Waals surface area contributed by atoms with E-state index in [1.807, 2.05) is 13.8 Å². The molecule has 0 bridgehead atoms. The van der Waals surface area contributed by atoms with Gasteiger partial charge >= 0.3 is 0 Å². The number of rotatable bonds is 6. The normalized spacial score (nSPS) is 10.2. The first-order valence-corrected chi connectivity index (χ1v) is 8.07. The molecule has 0 spiro atoms. The van der Waals surface area contributed by atoms with Crippen LogP contribution in [0.5, 0.6) is 11.5 Å². The van der Waals surface area contributed by atoms with E-state index in [0.717, 1.165) is 0 Å². The van der Waals surface area contributed by atoms with E-state index in [0.29, 0.717) is 30.1 Å². The highest BCUT2D eigenvalue weighted by Gasteiger charge is 2.15. The maximum Gasteiger partial charge on any atom is 0.259 e. The zero-order valence-electron chi connectivity index (χ0n) is 14.6. The number of benzene rings is 2. The van der Waals surface area contributed by atoms with Gasteiger partial charge in [-0.25, -0.2) is 0 Å². The van der Waals surface area contributed by atoms with Gasteiger partial charge in [0.1, 0.15) is 11.5 Å². The van der Waals surface area contributed by atoms with Crippen molar-refractivity contribution in [2.45, 2.75) is 13.8 Å². The number of carbonyl (C=O) groups excluding carboxylic acids is 2. The van der Waals surface area contributed by atoms with Gasteiger partial charge in [0, 0.05) is 30.4 Å². The molecule has 0 unspecified atom stereocenters. The van der Waals surface area contributed by atoms with Crippen LogP contribution in [0, 0.1) is 0 Å². The Morgan fingerprint density at radius 1 is 1.12 bits per heavy atom. The van der Waals surface area contributed by atoms with Crippen molar-refractivity contribution in [2.24, 2.45) is 0 Å². The number of anilines is 1. The highest BCUT2D eigenvalue weighted by Crippen LogP contribution is 2.24. The van der Waals surface area contributed by atoms with Crippen LogP contribution in [0.2, 0.25) is 0 Å². The number of carbonyl (C=O) groups is 2. The summed E-state index contributed by atoms with van der Waals surface area (Å²) < 4.78 is 5.00. The van der Waals surface area contributed by atoms with E-state index in [4.69, 9.17) is 4.74 Å². The molecule has 0 saturated heterocycles. The molecule has 6 heteroatoms. The Kier molecular flexibility index (Phi) is 6.00. The summed E-state index contributed by atoms with van der Waals surface area (Å²) in [6.45, 7) is 5.07. The quantitative estimate of drug-likeness (QED) is 0.845. The molecule has 0 radical (unpaired) electrons. The predicted molar refractivity (Wildman–Crippen MR) is 96.3 cm³/mol. The highest BCUT2D eigenvalue weighted by atomic mass is 16.5. The van der Waals surface area contributed by atoms with Crippen molar-refractivity contribution in [3.05, 3.63) is 53.6 Å². The third kappa shape index (κ3) is 4.29. The number of phenolic OH excluding ortho intramolecular Hbond substituents is 1. The SMILES string of the molecule is CCN(CC)C(=O)c1cccc(NC(=O)c2ccc(OC)cc2O)c1. The van der Waals surface area contributed by atoms with Crippen LogP contribution < -0.4 is 10.1 Å². The van der Waals surface area contributed by atoms with Crippen LogP contribution in [0.4, 0.5) is 5.69 Å². The molecule has 0 aliphatic rings. The van der Waals surface area contributed by atoms with Crippen molar-refractivity contribution in [3.8, 4) is 11.5 Å². The minimum Gasteiger partial charge on any atom is -0.507 e. The van der Waals surface area contributed by atoms with E-state index in [2.05, 4.69) is 5.32 Å². The molecule has 0 aromatic heterocycles. The lowest BCUT2D eigenvalue weighted by Gasteiger charge is -2.19. The van der Waals surface area contributed by atoms with Crippen molar-refractivity contribution in [3.63, 3.8) is 0 Å². The smallest absolute Gasteiger partial charge is 0.259 e. The number of nitrogens with one attached hydrogen (secondary N) is 1. The van der Waals surface area contributed by atoms with Crippen LogP contribution in [0.15, 0.2) is 42.5 Å². The first kappa shape index (κ1) is 18.3. The fraction of sp³-hybridized carbons (Fsp3) is 0.263. The van der Waals surface area contributed by atoms with Crippen molar-refractivity contribution in [1.82, 2.24) is 4.90 Å². The molecule has 6 nitrogen and oxygen atoms in total. The number of phenols is 1. The van der Waals surface area contributed by atoms with Crippen LogP contribution in [0.25, 0.3) is 0 Å². The monoisotopic (exact) mass is 342 g/mol. The summed E-state index contributed by atoms with van der Waals surface area (Å²) in [5.74, 6) is -0.269. The molecule has 0 saturated carbocycles. The van der Waals surface area contributed by atoms with Crippen LogP contribution in [-0.4, -0.2) is 42.0 Å². The molecular formula is C19H22N2O4. The van der Waals surface area contributed by atoms with Gasteiger partial charge in [-0.1, -0.05) is 6.07 Å². The second kappa shape index (κ2) is 8.19. The number of methoxy groups -OCH3 is 1. The molecule has 2 rings (SSSR count). The zero-order valence-corrected chi connectivity index (χ0v) is 14.6. The number of nitrogens with zero attached hydrogens (tertiary/aromatic N) is 1. The average molecular weight is 342 g/mol. The van der Waals surface area contributed by atoms with Crippen molar-refractivity contribution in [2.75, 3.05) is 25.5 Å². The van der Waals surface area contributed by atoms with Gasteiger partial charge in [0.15, 0.2) is 0 Å². The molecule has 2 N–H and O–H groups in total. The van der Waals surface area contributed by atoms with Crippen molar-refractivity contribution < 1.29 is 19.4 Å². The minimum absolute atomic E-state index is 0.0895. The average Bonchev–Trinajstić information content (AvgIpc) is 2.62. The van der Waals surface area contributed by atoms with Gasteiger partial charge in [-0.2, -0.15) is 0 Å². The molecule has 0 atom stereocenters. The molecule has 2 aromatic carbocycles. The van der Waals surface area contributed by atoms with E-state index >= 15 is 0 Å². The third-order valence-electron chi connectivity index (χ3n) is 3.87. The fourth-order valence-electron chi connectivity index (χ4n) is 2.45. The largest absolute Gasteiger partial charge is 0.507 e. The van der Waals surface area contributed by atoms with Crippen LogP contribution >= 0.6 is 0 Å². The Morgan fingerprint density at radius 2 is 1.84 bits per heavy atom. The molecule has 25 heavy (non-hydrogen) atoms. The Bertz CT molecular complexity index is 770. The molecule has 0 aliphatic heterocycles. The standard InChI is InChI=1S/C19H22N2O4/c1-4-21(5-2)19(24)13-7-6-8-14(11-13)20-18(23)16-10-9-15(25-3)12-17(16)22/h6-12,22H,4-5H2,1-3H3,(H,20,23). The lowest BCUT2D eigenvalue weighted by molar-refractivity contribution is 0.0772. The molecule has 2 amide bonds. The van der Waals surface area contributed by atoms with Gasteiger partial charge in [0.2, 0.25) is 0 Å². The Labute approximate surface area is 147 Å². The first-order chi connectivity index (χ1) is 12.0.